The second-order valence-electron chi connectivity index (χ2n) is 8.31. The van der Waals surface area contributed by atoms with Crippen molar-refractivity contribution >= 4 is 39.0 Å². The highest BCUT2D eigenvalue weighted by molar-refractivity contribution is 7.92. The Balaban J connectivity index is 1.75. The molecule has 0 aliphatic carbocycles. The summed E-state index contributed by atoms with van der Waals surface area (Å²) in [5, 5.41) is 9.95. The summed E-state index contributed by atoms with van der Waals surface area (Å²) in [4.78, 5) is 4.25. The van der Waals surface area contributed by atoms with E-state index in [0.29, 0.717) is 33.7 Å². The first-order valence-electron chi connectivity index (χ1n) is 10.6. The van der Waals surface area contributed by atoms with Crippen molar-refractivity contribution in [1.29, 1.82) is 5.26 Å². The minimum absolute atomic E-state index is 0.174. The molecular weight excluding hydrogens is 509 g/mol. The quantitative estimate of drug-likeness (QED) is 0.345. The number of nitrogens with one attached hydrogen (secondary N) is 1. The van der Waals surface area contributed by atoms with E-state index in [1.54, 1.807) is 30.3 Å². The Morgan fingerprint density at radius 1 is 1.09 bits per heavy atom. The van der Waals surface area contributed by atoms with Gasteiger partial charge < -0.3 is 9.47 Å². The van der Waals surface area contributed by atoms with Crippen molar-refractivity contribution in [3.05, 3.63) is 82.0 Å². The van der Waals surface area contributed by atoms with Gasteiger partial charge in [-0.25, -0.2) is 13.4 Å². The molecule has 7 nitrogen and oxygen atoms in total. The number of nitrogens with zero attached hydrogens (tertiary/aromatic N) is 2. The molecule has 0 bridgehead atoms. The van der Waals surface area contributed by atoms with Crippen LogP contribution in [0.3, 0.4) is 0 Å². The van der Waals surface area contributed by atoms with Crippen molar-refractivity contribution in [3.63, 3.8) is 0 Å². The number of hydrogen-bond donors (Lipinski definition) is 1. The zero-order valence-corrected chi connectivity index (χ0v) is 21.8. The van der Waals surface area contributed by atoms with Gasteiger partial charge in [0.15, 0.2) is 5.75 Å². The van der Waals surface area contributed by atoms with Crippen LogP contribution in [0.4, 0.5) is 5.82 Å². The summed E-state index contributed by atoms with van der Waals surface area (Å²) in [5.41, 5.74) is 2.34. The molecule has 3 rings (SSSR count). The van der Waals surface area contributed by atoms with E-state index in [1.165, 1.54) is 0 Å². The van der Waals surface area contributed by atoms with Crippen LogP contribution in [0.15, 0.2) is 54.6 Å². The number of hydrogen-bond acceptors (Lipinski definition) is 6. The number of rotatable bonds is 10. The highest BCUT2D eigenvalue weighted by atomic mass is 35.5. The average molecular weight is 534 g/mol. The molecule has 0 unspecified atom stereocenters. The maximum Gasteiger partial charge on any atom is 0.230 e. The van der Waals surface area contributed by atoms with Gasteiger partial charge in [0.2, 0.25) is 10.0 Å². The second-order valence-corrected chi connectivity index (χ2v) is 10.8. The van der Waals surface area contributed by atoms with E-state index in [9.17, 15) is 13.7 Å². The molecule has 35 heavy (non-hydrogen) atoms. The summed E-state index contributed by atoms with van der Waals surface area (Å²) in [6, 6.07) is 18.4. The van der Waals surface area contributed by atoms with Crippen molar-refractivity contribution < 1.29 is 17.9 Å². The van der Waals surface area contributed by atoms with Gasteiger partial charge in [-0.1, -0.05) is 43.6 Å². The first-order valence-corrected chi connectivity index (χ1v) is 13.4. The smallest absolute Gasteiger partial charge is 0.230 e. The normalized spacial score (nSPS) is 11.5. The second kappa shape index (κ2) is 11.2. The molecule has 0 radical (unpaired) electrons. The molecule has 0 saturated carbocycles. The van der Waals surface area contributed by atoms with Gasteiger partial charge in [0.25, 0.3) is 0 Å². The van der Waals surface area contributed by atoms with Crippen LogP contribution in [0.2, 0.25) is 5.02 Å². The molecule has 10 heteroatoms. The first-order chi connectivity index (χ1) is 16.5. The standard InChI is InChI=1S/C25H25Cl2N3O4S/c1-25(2,19-13-17(15-28)24(22(27)14-19)33-12-11-26)18-7-9-21(10-8-18)34-16-20-5-4-6-23(29-20)30-35(3,31)32/h4-10,13-14H,11-12,16H2,1-3H3,(H,29,30). The third kappa shape index (κ3) is 7.01. The topological polar surface area (TPSA) is 101 Å². The number of nitriles is 1. The third-order valence-electron chi connectivity index (χ3n) is 5.27. The fraction of sp³-hybridized carbons (Fsp3) is 0.280. The zero-order chi connectivity index (χ0) is 25.6. The van der Waals surface area contributed by atoms with E-state index >= 15 is 0 Å². The highest BCUT2D eigenvalue weighted by Gasteiger charge is 2.26. The number of ether oxygens (including phenoxy) is 2. The average Bonchev–Trinajstić information content (AvgIpc) is 2.81. The molecule has 0 saturated heterocycles. The van der Waals surface area contributed by atoms with Gasteiger partial charge in [0.1, 0.15) is 30.9 Å². The highest BCUT2D eigenvalue weighted by Crippen LogP contribution is 2.38. The Morgan fingerprint density at radius 3 is 2.43 bits per heavy atom. The number of benzene rings is 2. The number of pyridine rings is 1. The largest absolute Gasteiger partial charge is 0.489 e. The lowest BCUT2D eigenvalue weighted by atomic mass is 9.77. The van der Waals surface area contributed by atoms with Crippen LogP contribution < -0.4 is 14.2 Å². The first kappa shape index (κ1) is 26.6. The fourth-order valence-corrected chi connectivity index (χ4v) is 4.27. The molecule has 184 valence electrons. The molecule has 0 spiro atoms. The Hall–Kier alpha value is -2.99. The van der Waals surface area contributed by atoms with Crippen molar-refractivity contribution in [2.75, 3.05) is 23.5 Å². The summed E-state index contributed by atoms with van der Waals surface area (Å²) in [5.74, 6) is 1.50. The van der Waals surface area contributed by atoms with Gasteiger partial charge in [0.05, 0.1) is 28.4 Å². The number of sulfonamides is 1. The van der Waals surface area contributed by atoms with E-state index in [0.717, 1.165) is 17.4 Å². The Morgan fingerprint density at radius 2 is 1.80 bits per heavy atom. The Labute approximate surface area is 215 Å². The Bertz CT molecular complexity index is 1340. The molecule has 1 aromatic heterocycles. The summed E-state index contributed by atoms with van der Waals surface area (Å²) in [6.45, 7) is 4.51. The van der Waals surface area contributed by atoms with Crippen LogP contribution in [0.1, 0.15) is 36.2 Å². The zero-order valence-electron chi connectivity index (χ0n) is 19.5. The van der Waals surface area contributed by atoms with Crippen molar-refractivity contribution in [3.8, 4) is 17.6 Å². The lowest BCUT2D eigenvalue weighted by Crippen LogP contribution is -2.19. The number of alkyl halides is 1. The van der Waals surface area contributed by atoms with E-state index in [1.807, 2.05) is 38.1 Å². The predicted molar refractivity (Wildman–Crippen MR) is 138 cm³/mol. The molecule has 1 N–H and O–H groups in total. The molecule has 3 aromatic rings. The monoisotopic (exact) mass is 533 g/mol. The molecule has 1 heterocycles. The van der Waals surface area contributed by atoms with Crippen LogP contribution in [0.5, 0.6) is 11.5 Å². The summed E-state index contributed by atoms with van der Waals surface area (Å²) >= 11 is 12.1. The molecule has 0 fully saturated rings. The minimum Gasteiger partial charge on any atom is -0.489 e. The molecule has 0 amide bonds. The maximum absolute atomic E-state index is 11.4. The molecular formula is C25H25Cl2N3O4S. The van der Waals surface area contributed by atoms with Crippen LogP contribution in [-0.2, 0) is 22.0 Å². The minimum atomic E-state index is -3.41. The SMILES string of the molecule is CC(C)(c1ccc(OCc2cccc(NS(C)(=O)=O)n2)cc1)c1cc(Cl)c(OCCCl)c(C#N)c1. The maximum atomic E-state index is 11.4. The van der Waals surface area contributed by atoms with Gasteiger partial charge in [-0.3, -0.25) is 4.72 Å². The Kier molecular flexibility index (Phi) is 8.49. The number of halogens is 2. The molecule has 0 aliphatic heterocycles. The summed E-state index contributed by atoms with van der Waals surface area (Å²) in [6.07, 6.45) is 1.07. The van der Waals surface area contributed by atoms with Crippen molar-refractivity contribution in [2.24, 2.45) is 0 Å². The van der Waals surface area contributed by atoms with Gasteiger partial charge in [-0.15, -0.1) is 11.6 Å². The van der Waals surface area contributed by atoms with Crippen molar-refractivity contribution in [2.45, 2.75) is 25.9 Å². The van der Waals surface area contributed by atoms with Crippen molar-refractivity contribution in [1.82, 2.24) is 4.98 Å². The van der Waals surface area contributed by atoms with Crippen LogP contribution in [0, 0.1) is 11.3 Å². The van der Waals surface area contributed by atoms with Gasteiger partial charge >= 0.3 is 0 Å². The predicted octanol–water partition coefficient (Wildman–Crippen LogP) is 5.50. The third-order valence-corrected chi connectivity index (χ3v) is 6.28. The number of aromatic nitrogens is 1. The van der Waals surface area contributed by atoms with E-state index in [4.69, 9.17) is 32.7 Å². The fourth-order valence-electron chi connectivity index (χ4n) is 3.42. The lowest BCUT2D eigenvalue weighted by molar-refractivity contribution is 0.301. The van der Waals surface area contributed by atoms with Gasteiger partial charge in [-0.2, -0.15) is 5.26 Å². The summed E-state index contributed by atoms with van der Waals surface area (Å²) in [7, 11) is -3.41. The van der Waals surface area contributed by atoms with Gasteiger partial charge in [-0.05, 0) is 47.5 Å². The summed E-state index contributed by atoms with van der Waals surface area (Å²) < 4.78 is 36.5. The molecule has 0 atom stereocenters. The lowest BCUT2D eigenvalue weighted by Gasteiger charge is -2.27. The van der Waals surface area contributed by atoms with Crippen LogP contribution >= 0.6 is 23.2 Å². The van der Waals surface area contributed by atoms with E-state index in [-0.39, 0.29) is 19.0 Å². The van der Waals surface area contributed by atoms with Crippen LogP contribution in [0.25, 0.3) is 0 Å². The van der Waals surface area contributed by atoms with Gasteiger partial charge in [0, 0.05) is 5.41 Å². The number of anilines is 1. The van der Waals surface area contributed by atoms with Crippen LogP contribution in [-0.4, -0.2) is 32.1 Å². The molecule has 2 aromatic carbocycles. The van der Waals surface area contributed by atoms with E-state index in [2.05, 4.69) is 15.8 Å². The molecule has 0 aliphatic rings. The van der Waals surface area contributed by atoms with E-state index < -0.39 is 15.4 Å².